The maximum Gasteiger partial charge on any atom is 0.141 e. The molecule has 0 aliphatic heterocycles. The molecular weight excluding hydrogens is 933 g/mol. The SMILES string of the molecule is CCCCCCCCn1c(-c2ccc(C3(c4ccc(-c5nc6c7ccccc7c7ccccc7c6n5CCCCCCCC)cc4)c4cc(C)ccc4-c4ccc(C)cc43)cc2)nc2c3ccccc3c3ccccc3c21. The van der Waals surface area contributed by atoms with Crippen LogP contribution < -0.4 is 0 Å². The number of hydrogen-bond donors (Lipinski definition) is 0. The summed E-state index contributed by atoms with van der Waals surface area (Å²) in [6.45, 7) is 10.9. The number of unbranched alkanes of at least 4 members (excludes halogenated alkanes) is 10. The van der Waals surface area contributed by atoms with Crippen LogP contribution >= 0.6 is 0 Å². The first-order chi connectivity index (χ1) is 38.0. The molecule has 4 nitrogen and oxygen atoms in total. The molecule has 0 bridgehead atoms. The summed E-state index contributed by atoms with van der Waals surface area (Å²) in [5.74, 6) is 2.09. The highest BCUT2D eigenvalue weighted by atomic mass is 15.1. The number of aryl methyl sites for hydroxylation is 4. The first-order valence-corrected chi connectivity index (χ1v) is 29.0. The fraction of sp³-hybridized carbons (Fsp3) is 0.260. The molecule has 10 aromatic carbocycles. The quantitative estimate of drug-likeness (QED) is 0.0634. The van der Waals surface area contributed by atoms with Crippen LogP contribution in [-0.2, 0) is 18.5 Å². The van der Waals surface area contributed by atoms with E-state index < -0.39 is 5.41 Å². The Hall–Kier alpha value is -7.82. The number of rotatable bonds is 18. The van der Waals surface area contributed by atoms with Crippen molar-refractivity contribution >= 4 is 65.2 Å². The summed E-state index contributed by atoms with van der Waals surface area (Å²) >= 11 is 0. The minimum atomic E-state index is -0.574. The Labute approximate surface area is 454 Å². The standard InChI is InChI=1S/C73H70N4/c1-5-7-9-11-13-23-45-76-69-63-31-21-17-27-57(63)55-25-15-19-29-61(55)67(69)74-71(76)51-35-39-53(40-36-51)73(65-47-49(3)33-43-59(65)60-44-34-50(4)48-66(60)73)54-41-37-52(38-42-54)72-75-68-62-30-20-16-26-56(62)58-28-18-22-32-64(58)70(68)77(72)46-24-14-12-10-8-6-2/h15-22,25-44,47-48H,5-14,23-24,45-46H2,1-4H3. The van der Waals surface area contributed by atoms with E-state index in [0.717, 1.165) is 59.7 Å². The molecule has 0 fully saturated rings. The van der Waals surface area contributed by atoms with Crippen molar-refractivity contribution in [3.05, 3.63) is 215 Å². The third-order valence-corrected chi connectivity index (χ3v) is 17.3. The van der Waals surface area contributed by atoms with Crippen LogP contribution in [0, 0.1) is 13.8 Å². The van der Waals surface area contributed by atoms with E-state index in [1.165, 1.54) is 163 Å². The molecule has 4 heteroatoms. The van der Waals surface area contributed by atoms with Gasteiger partial charge in [-0.15, -0.1) is 0 Å². The smallest absolute Gasteiger partial charge is 0.141 e. The Morgan fingerprint density at radius 1 is 0.351 bits per heavy atom. The van der Waals surface area contributed by atoms with Crippen LogP contribution in [0.25, 0.3) is 99.1 Å². The van der Waals surface area contributed by atoms with Gasteiger partial charge in [0.1, 0.15) is 11.6 Å². The summed E-state index contributed by atoms with van der Waals surface area (Å²) in [6, 6.07) is 69.0. The Bertz CT molecular complexity index is 3880. The molecule has 12 aromatic rings. The van der Waals surface area contributed by atoms with Crippen LogP contribution in [0.4, 0.5) is 0 Å². The molecule has 2 heterocycles. The normalized spacial score (nSPS) is 13.0. The molecule has 1 aliphatic rings. The van der Waals surface area contributed by atoms with E-state index in [4.69, 9.17) is 9.97 Å². The highest BCUT2D eigenvalue weighted by Gasteiger charge is 2.46. The number of imidazole rings is 2. The highest BCUT2D eigenvalue weighted by molar-refractivity contribution is 6.25. The van der Waals surface area contributed by atoms with Gasteiger partial charge in [0.15, 0.2) is 0 Å². The lowest BCUT2D eigenvalue weighted by Gasteiger charge is -2.34. The van der Waals surface area contributed by atoms with E-state index in [1.807, 2.05) is 0 Å². The minimum Gasteiger partial charge on any atom is -0.323 e. The average molecular weight is 1000 g/mol. The molecule has 0 N–H and O–H groups in total. The predicted molar refractivity (Wildman–Crippen MR) is 327 cm³/mol. The van der Waals surface area contributed by atoms with E-state index in [-0.39, 0.29) is 0 Å². The molecule has 0 atom stereocenters. The van der Waals surface area contributed by atoms with E-state index >= 15 is 0 Å². The van der Waals surface area contributed by atoms with Gasteiger partial charge in [-0.1, -0.05) is 271 Å². The van der Waals surface area contributed by atoms with Crippen molar-refractivity contribution in [2.24, 2.45) is 0 Å². The van der Waals surface area contributed by atoms with Crippen LogP contribution in [-0.4, -0.2) is 19.1 Å². The average Bonchev–Trinajstić information content (AvgIpc) is 4.37. The van der Waals surface area contributed by atoms with Gasteiger partial charge in [-0.05, 0) is 81.6 Å². The molecule has 77 heavy (non-hydrogen) atoms. The largest absolute Gasteiger partial charge is 0.323 e. The molecule has 1 aliphatic carbocycles. The van der Waals surface area contributed by atoms with Crippen molar-refractivity contribution in [3.63, 3.8) is 0 Å². The monoisotopic (exact) mass is 1000 g/mol. The van der Waals surface area contributed by atoms with E-state index in [9.17, 15) is 0 Å². The van der Waals surface area contributed by atoms with Gasteiger partial charge in [0.2, 0.25) is 0 Å². The van der Waals surface area contributed by atoms with Crippen LogP contribution in [0.15, 0.2) is 182 Å². The number of benzene rings is 10. The van der Waals surface area contributed by atoms with Gasteiger partial charge in [0.25, 0.3) is 0 Å². The van der Waals surface area contributed by atoms with Gasteiger partial charge in [-0.2, -0.15) is 0 Å². The van der Waals surface area contributed by atoms with Gasteiger partial charge < -0.3 is 9.13 Å². The van der Waals surface area contributed by atoms with Gasteiger partial charge in [0, 0.05) is 45.8 Å². The van der Waals surface area contributed by atoms with Gasteiger partial charge in [-0.3, -0.25) is 0 Å². The van der Waals surface area contributed by atoms with Gasteiger partial charge >= 0.3 is 0 Å². The van der Waals surface area contributed by atoms with Crippen molar-refractivity contribution in [2.45, 2.75) is 123 Å². The lowest BCUT2D eigenvalue weighted by atomic mass is 9.67. The molecule has 382 valence electrons. The van der Waals surface area contributed by atoms with Crippen LogP contribution in [0.1, 0.15) is 124 Å². The van der Waals surface area contributed by atoms with E-state index in [2.05, 4.69) is 219 Å². The third kappa shape index (κ3) is 8.26. The zero-order valence-corrected chi connectivity index (χ0v) is 45.5. The Morgan fingerprint density at radius 2 is 0.688 bits per heavy atom. The number of nitrogens with zero attached hydrogens (tertiary/aromatic N) is 4. The van der Waals surface area contributed by atoms with Crippen molar-refractivity contribution in [1.82, 2.24) is 19.1 Å². The maximum absolute atomic E-state index is 5.67. The maximum atomic E-state index is 5.67. The molecule has 0 unspecified atom stereocenters. The van der Waals surface area contributed by atoms with Crippen LogP contribution in [0.3, 0.4) is 0 Å². The number of aromatic nitrogens is 4. The van der Waals surface area contributed by atoms with Crippen molar-refractivity contribution in [2.75, 3.05) is 0 Å². The fourth-order valence-corrected chi connectivity index (χ4v) is 13.6. The first-order valence-electron chi connectivity index (χ1n) is 29.0. The summed E-state index contributed by atoms with van der Waals surface area (Å²) in [5.41, 5.74) is 16.7. The first kappa shape index (κ1) is 48.8. The molecule has 13 rings (SSSR count). The predicted octanol–water partition coefficient (Wildman–Crippen LogP) is 20.0. The second-order valence-corrected chi connectivity index (χ2v) is 22.3. The summed E-state index contributed by atoms with van der Waals surface area (Å²) in [7, 11) is 0. The van der Waals surface area contributed by atoms with Gasteiger partial charge in [-0.25, -0.2) is 9.97 Å². The molecule has 0 radical (unpaired) electrons. The topological polar surface area (TPSA) is 35.6 Å². The summed E-state index contributed by atoms with van der Waals surface area (Å²) in [4.78, 5) is 11.3. The van der Waals surface area contributed by atoms with Crippen molar-refractivity contribution < 1.29 is 0 Å². The molecule has 0 saturated heterocycles. The number of fused-ring (bicyclic) bond motifs is 15. The Morgan fingerprint density at radius 3 is 1.08 bits per heavy atom. The minimum absolute atomic E-state index is 0.574. The third-order valence-electron chi connectivity index (χ3n) is 17.3. The Balaban J connectivity index is 0.973. The lowest BCUT2D eigenvalue weighted by molar-refractivity contribution is 0.566. The van der Waals surface area contributed by atoms with Gasteiger partial charge in [0.05, 0.1) is 27.5 Å². The molecule has 0 amide bonds. The number of hydrogen-bond acceptors (Lipinski definition) is 2. The van der Waals surface area contributed by atoms with Crippen molar-refractivity contribution in [1.29, 1.82) is 0 Å². The van der Waals surface area contributed by atoms with E-state index in [1.54, 1.807) is 0 Å². The molecular formula is C73H70N4. The Kier molecular flexibility index (Phi) is 13.1. The molecule has 0 spiro atoms. The zero-order valence-electron chi connectivity index (χ0n) is 45.5. The summed E-state index contributed by atoms with van der Waals surface area (Å²) in [5, 5.41) is 10.1. The summed E-state index contributed by atoms with van der Waals surface area (Å²) < 4.78 is 5.12. The second-order valence-electron chi connectivity index (χ2n) is 22.3. The van der Waals surface area contributed by atoms with Crippen LogP contribution in [0.2, 0.25) is 0 Å². The highest BCUT2D eigenvalue weighted by Crippen LogP contribution is 2.57. The van der Waals surface area contributed by atoms with E-state index in [0.29, 0.717) is 0 Å². The lowest BCUT2D eigenvalue weighted by Crippen LogP contribution is -2.28. The van der Waals surface area contributed by atoms with Crippen molar-refractivity contribution in [3.8, 4) is 33.9 Å². The zero-order chi connectivity index (χ0) is 52.0. The summed E-state index contributed by atoms with van der Waals surface area (Å²) in [6.07, 6.45) is 14.9. The molecule has 0 saturated carbocycles. The molecule has 2 aromatic heterocycles. The van der Waals surface area contributed by atoms with Crippen LogP contribution in [0.5, 0.6) is 0 Å². The second kappa shape index (κ2) is 20.6. The fourth-order valence-electron chi connectivity index (χ4n) is 13.6.